The van der Waals surface area contributed by atoms with Crippen molar-refractivity contribution in [3.63, 3.8) is 0 Å². The topological polar surface area (TPSA) is 36.0 Å². The second-order valence-corrected chi connectivity index (χ2v) is 7.76. The molecule has 0 N–H and O–H groups in total. The third-order valence-corrected chi connectivity index (χ3v) is 6.10. The highest BCUT2D eigenvalue weighted by molar-refractivity contribution is 5.79. The smallest absolute Gasteiger partial charge is 0.225 e. The zero-order valence-corrected chi connectivity index (χ0v) is 15.7. The summed E-state index contributed by atoms with van der Waals surface area (Å²) < 4.78 is 5.38. The van der Waals surface area contributed by atoms with Crippen LogP contribution >= 0.6 is 0 Å². The van der Waals surface area contributed by atoms with Gasteiger partial charge in [-0.05, 0) is 56.4 Å². The highest BCUT2D eigenvalue weighted by atomic mass is 16.5. The van der Waals surface area contributed by atoms with Gasteiger partial charge >= 0.3 is 0 Å². The molecule has 0 radical (unpaired) electrons. The monoisotopic (exact) mass is 357 g/mol. The highest BCUT2D eigenvalue weighted by Crippen LogP contribution is 2.25. The van der Waals surface area contributed by atoms with E-state index < -0.39 is 0 Å². The predicted molar refractivity (Wildman–Crippen MR) is 105 cm³/mol. The molecule has 0 atom stereocenters. The van der Waals surface area contributed by atoms with Crippen molar-refractivity contribution in [3.05, 3.63) is 24.3 Å². The van der Waals surface area contributed by atoms with Crippen LogP contribution in [-0.4, -0.2) is 63.3 Å². The molecule has 5 nitrogen and oxygen atoms in total. The van der Waals surface area contributed by atoms with Gasteiger partial charge in [-0.2, -0.15) is 0 Å². The zero-order valence-electron chi connectivity index (χ0n) is 15.7. The normalized spacial score (nSPS) is 22.5. The maximum Gasteiger partial charge on any atom is 0.225 e. The first kappa shape index (κ1) is 17.7. The number of carbonyl (C=O) groups is 1. The van der Waals surface area contributed by atoms with Gasteiger partial charge in [-0.1, -0.05) is 0 Å². The minimum absolute atomic E-state index is 0.180. The van der Waals surface area contributed by atoms with Gasteiger partial charge in [-0.25, -0.2) is 0 Å². The van der Waals surface area contributed by atoms with Crippen LogP contribution in [0.5, 0.6) is 0 Å². The maximum atomic E-state index is 12.7. The molecule has 0 aliphatic carbocycles. The molecule has 3 heterocycles. The number of hydrogen-bond donors (Lipinski definition) is 0. The highest BCUT2D eigenvalue weighted by Gasteiger charge is 2.28. The molecule has 142 valence electrons. The number of anilines is 2. The van der Waals surface area contributed by atoms with Gasteiger partial charge in [0.25, 0.3) is 0 Å². The van der Waals surface area contributed by atoms with Crippen LogP contribution in [0.1, 0.15) is 32.1 Å². The molecule has 1 aromatic rings. The molecule has 0 spiro atoms. The number of piperazine rings is 1. The van der Waals surface area contributed by atoms with Crippen LogP contribution in [0.3, 0.4) is 0 Å². The Kier molecular flexibility index (Phi) is 5.63. The summed E-state index contributed by atoms with van der Waals surface area (Å²) in [5, 5.41) is 0. The largest absolute Gasteiger partial charge is 0.381 e. The Balaban J connectivity index is 1.30. The van der Waals surface area contributed by atoms with Crippen LogP contribution in [0.15, 0.2) is 24.3 Å². The molecule has 1 amide bonds. The molecular formula is C21H31N3O2. The lowest BCUT2D eigenvalue weighted by molar-refractivity contribution is -0.138. The zero-order chi connectivity index (χ0) is 17.8. The third kappa shape index (κ3) is 3.98. The summed E-state index contributed by atoms with van der Waals surface area (Å²) in [7, 11) is 0. The Bertz CT molecular complexity index is 584. The SMILES string of the molecule is O=C(C1CCOCC1)N1CCN(c2ccc(N3CCCCC3)cc2)CC1. The summed E-state index contributed by atoms with van der Waals surface area (Å²) in [4.78, 5) is 19.6. The van der Waals surface area contributed by atoms with Crippen LogP contribution in [-0.2, 0) is 9.53 Å². The number of piperidine rings is 1. The molecule has 3 aliphatic rings. The molecule has 5 heteroatoms. The van der Waals surface area contributed by atoms with Crippen molar-refractivity contribution in [1.29, 1.82) is 0 Å². The lowest BCUT2D eigenvalue weighted by Crippen LogP contribution is -2.51. The number of nitrogens with zero attached hydrogens (tertiary/aromatic N) is 3. The van der Waals surface area contributed by atoms with Crippen LogP contribution in [0.4, 0.5) is 11.4 Å². The van der Waals surface area contributed by atoms with Gasteiger partial charge in [0.1, 0.15) is 0 Å². The fraction of sp³-hybridized carbons (Fsp3) is 0.667. The molecule has 0 bridgehead atoms. The minimum atomic E-state index is 0.180. The van der Waals surface area contributed by atoms with Gasteiger partial charge in [0.05, 0.1) is 0 Å². The summed E-state index contributed by atoms with van der Waals surface area (Å²) in [6.45, 7) is 7.38. The van der Waals surface area contributed by atoms with Crippen molar-refractivity contribution in [1.82, 2.24) is 4.90 Å². The molecular weight excluding hydrogens is 326 g/mol. The van der Waals surface area contributed by atoms with Gasteiger partial charge in [0.15, 0.2) is 0 Å². The average Bonchev–Trinajstić information content (AvgIpc) is 2.75. The van der Waals surface area contributed by atoms with Crippen molar-refractivity contribution < 1.29 is 9.53 Å². The van der Waals surface area contributed by atoms with Gasteiger partial charge in [-0.3, -0.25) is 4.79 Å². The van der Waals surface area contributed by atoms with E-state index in [4.69, 9.17) is 4.74 Å². The first-order valence-electron chi connectivity index (χ1n) is 10.3. The summed E-state index contributed by atoms with van der Waals surface area (Å²) >= 11 is 0. The Morgan fingerprint density at radius 2 is 1.31 bits per heavy atom. The van der Waals surface area contributed by atoms with E-state index in [1.54, 1.807) is 0 Å². The predicted octanol–water partition coefficient (Wildman–Crippen LogP) is 2.75. The number of rotatable bonds is 3. The number of amides is 1. The molecule has 3 fully saturated rings. The van der Waals surface area contributed by atoms with Gasteiger partial charge < -0.3 is 19.4 Å². The van der Waals surface area contributed by atoms with Crippen molar-refractivity contribution in [3.8, 4) is 0 Å². The summed E-state index contributed by atoms with van der Waals surface area (Å²) in [6, 6.07) is 9.03. The Morgan fingerprint density at radius 1 is 0.769 bits per heavy atom. The van der Waals surface area contributed by atoms with E-state index in [2.05, 4.69) is 39.0 Å². The van der Waals surface area contributed by atoms with Gasteiger partial charge in [0, 0.05) is 69.8 Å². The number of benzene rings is 1. The van der Waals surface area contributed by atoms with Gasteiger partial charge in [-0.15, -0.1) is 0 Å². The van der Waals surface area contributed by atoms with E-state index in [-0.39, 0.29) is 5.92 Å². The minimum Gasteiger partial charge on any atom is -0.381 e. The van der Waals surface area contributed by atoms with Crippen molar-refractivity contribution in [2.24, 2.45) is 5.92 Å². The van der Waals surface area contributed by atoms with E-state index in [0.717, 1.165) is 52.2 Å². The van der Waals surface area contributed by atoms with Crippen molar-refractivity contribution in [2.45, 2.75) is 32.1 Å². The fourth-order valence-electron chi connectivity index (χ4n) is 4.41. The number of ether oxygens (including phenoxy) is 1. The summed E-state index contributed by atoms with van der Waals surface area (Å²) in [6.07, 6.45) is 5.76. The average molecular weight is 357 g/mol. The molecule has 3 aliphatic heterocycles. The summed E-state index contributed by atoms with van der Waals surface area (Å²) in [5.74, 6) is 0.521. The second kappa shape index (κ2) is 8.30. The van der Waals surface area contributed by atoms with E-state index in [1.165, 1.54) is 43.7 Å². The molecule has 0 aromatic heterocycles. The molecule has 3 saturated heterocycles. The van der Waals surface area contributed by atoms with E-state index in [1.807, 2.05) is 0 Å². The van der Waals surface area contributed by atoms with E-state index >= 15 is 0 Å². The third-order valence-electron chi connectivity index (χ3n) is 6.10. The fourth-order valence-corrected chi connectivity index (χ4v) is 4.41. The van der Waals surface area contributed by atoms with E-state index in [9.17, 15) is 4.79 Å². The second-order valence-electron chi connectivity index (χ2n) is 7.76. The van der Waals surface area contributed by atoms with Crippen LogP contribution in [0, 0.1) is 5.92 Å². The first-order chi connectivity index (χ1) is 12.8. The standard InChI is InChI=1S/C21H31N3O2/c25-21(18-8-16-26-17-9-18)24-14-12-23(13-15-24)20-6-4-19(5-7-20)22-10-2-1-3-11-22/h4-7,18H,1-3,8-17H2. The lowest BCUT2D eigenvalue weighted by Gasteiger charge is -2.38. The lowest BCUT2D eigenvalue weighted by atomic mass is 9.98. The molecule has 26 heavy (non-hydrogen) atoms. The molecule has 1 aromatic carbocycles. The Labute approximate surface area is 156 Å². The van der Waals surface area contributed by atoms with Crippen molar-refractivity contribution in [2.75, 3.05) is 62.3 Å². The van der Waals surface area contributed by atoms with Gasteiger partial charge in [0.2, 0.25) is 5.91 Å². The maximum absolute atomic E-state index is 12.7. The molecule has 0 saturated carbocycles. The van der Waals surface area contributed by atoms with Crippen LogP contribution in [0.2, 0.25) is 0 Å². The van der Waals surface area contributed by atoms with Crippen LogP contribution < -0.4 is 9.80 Å². The van der Waals surface area contributed by atoms with Crippen LogP contribution in [0.25, 0.3) is 0 Å². The number of hydrogen-bond acceptors (Lipinski definition) is 4. The van der Waals surface area contributed by atoms with E-state index in [0.29, 0.717) is 5.91 Å². The summed E-state index contributed by atoms with van der Waals surface area (Å²) in [5.41, 5.74) is 2.63. The van der Waals surface area contributed by atoms with Crippen molar-refractivity contribution >= 4 is 17.3 Å². The molecule has 4 rings (SSSR count). The quantitative estimate of drug-likeness (QED) is 0.833. The molecule has 0 unspecified atom stereocenters. The Morgan fingerprint density at radius 3 is 1.88 bits per heavy atom. The number of carbonyl (C=O) groups excluding carboxylic acids is 1. The Hall–Kier alpha value is -1.75. The first-order valence-corrected chi connectivity index (χ1v) is 10.3.